The minimum atomic E-state index is -0.380. The first kappa shape index (κ1) is 13.9. The Balaban J connectivity index is 1.51. The van der Waals surface area contributed by atoms with Crippen molar-refractivity contribution in [3.05, 3.63) is 23.9 Å². The van der Waals surface area contributed by atoms with Crippen LogP contribution in [0.5, 0.6) is 0 Å². The van der Waals surface area contributed by atoms with Crippen molar-refractivity contribution in [2.45, 2.75) is 38.3 Å². The van der Waals surface area contributed by atoms with E-state index in [9.17, 15) is 9.59 Å². The normalized spacial score (nSPS) is 21.4. The van der Waals surface area contributed by atoms with Crippen LogP contribution in [0.1, 0.15) is 31.2 Å². The molecule has 0 aromatic carbocycles. The zero-order valence-electron chi connectivity index (χ0n) is 12.0. The predicted molar refractivity (Wildman–Crippen MR) is 78.7 cm³/mol. The molecule has 2 amide bonds. The van der Waals surface area contributed by atoms with Gasteiger partial charge in [0.1, 0.15) is 11.9 Å². The molecule has 1 atom stereocenters. The molecule has 0 aliphatic carbocycles. The predicted octanol–water partition coefficient (Wildman–Crippen LogP) is 0.577. The van der Waals surface area contributed by atoms with Crippen molar-refractivity contribution in [1.29, 1.82) is 0 Å². The average molecular weight is 288 g/mol. The van der Waals surface area contributed by atoms with Gasteiger partial charge in [0.15, 0.2) is 0 Å². The Bertz CT molecular complexity index is 523. The van der Waals surface area contributed by atoms with Gasteiger partial charge in [-0.1, -0.05) is 6.07 Å². The summed E-state index contributed by atoms with van der Waals surface area (Å²) in [5.74, 6) is 0.835. The van der Waals surface area contributed by atoms with Crippen LogP contribution in [0, 0.1) is 0 Å². The van der Waals surface area contributed by atoms with Crippen molar-refractivity contribution in [3.63, 3.8) is 0 Å². The minimum absolute atomic E-state index is 0.0493. The monoisotopic (exact) mass is 288 g/mol. The highest BCUT2D eigenvalue weighted by atomic mass is 16.2. The van der Waals surface area contributed by atoms with Gasteiger partial charge in [-0.3, -0.25) is 9.59 Å². The van der Waals surface area contributed by atoms with Crippen LogP contribution in [0.2, 0.25) is 0 Å². The van der Waals surface area contributed by atoms with Gasteiger partial charge in [0.25, 0.3) is 0 Å². The molecule has 6 heteroatoms. The maximum atomic E-state index is 11.9. The number of hydrogen-bond acceptors (Lipinski definition) is 4. The molecule has 0 spiro atoms. The molecule has 0 saturated carbocycles. The topological polar surface area (TPSA) is 74.3 Å². The smallest absolute Gasteiger partial charge is 0.242 e. The molecule has 6 nitrogen and oxygen atoms in total. The fourth-order valence-electron chi connectivity index (χ4n) is 2.78. The lowest BCUT2D eigenvalue weighted by atomic mass is 10.2. The molecule has 2 aliphatic heterocycles. The van der Waals surface area contributed by atoms with Crippen LogP contribution in [0.3, 0.4) is 0 Å². The molecular formula is C15H20N4O2. The number of amides is 2. The Labute approximate surface area is 123 Å². The fraction of sp³-hybridized carbons (Fsp3) is 0.533. The van der Waals surface area contributed by atoms with E-state index >= 15 is 0 Å². The lowest BCUT2D eigenvalue weighted by Crippen LogP contribution is -2.41. The number of carbonyl (C=O) groups is 2. The maximum absolute atomic E-state index is 11.9. The van der Waals surface area contributed by atoms with Gasteiger partial charge in [-0.05, 0) is 30.9 Å². The largest absolute Gasteiger partial charge is 0.357 e. The van der Waals surface area contributed by atoms with Gasteiger partial charge in [-0.2, -0.15) is 0 Å². The van der Waals surface area contributed by atoms with Crippen molar-refractivity contribution >= 4 is 17.6 Å². The third-order valence-corrected chi connectivity index (χ3v) is 4.02. The van der Waals surface area contributed by atoms with Crippen LogP contribution < -0.4 is 15.5 Å². The van der Waals surface area contributed by atoms with E-state index in [2.05, 4.69) is 20.5 Å². The molecule has 2 N–H and O–H groups in total. The van der Waals surface area contributed by atoms with E-state index < -0.39 is 0 Å². The number of rotatable bonds is 4. The minimum Gasteiger partial charge on any atom is -0.357 e. The van der Waals surface area contributed by atoms with Crippen LogP contribution in [-0.4, -0.2) is 35.9 Å². The van der Waals surface area contributed by atoms with E-state index in [4.69, 9.17) is 0 Å². The molecule has 0 bridgehead atoms. The van der Waals surface area contributed by atoms with E-state index in [-0.39, 0.29) is 17.9 Å². The van der Waals surface area contributed by atoms with Crippen molar-refractivity contribution in [2.75, 3.05) is 18.0 Å². The van der Waals surface area contributed by atoms with Gasteiger partial charge in [0, 0.05) is 32.3 Å². The van der Waals surface area contributed by atoms with Gasteiger partial charge in [-0.25, -0.2) is 4.98 Å². The second-order valence-electron chi connectivity index (χ2n) is 5.60. The number of nitrogens with one attached hydrogen (secondary N) is 2. The summed E-state index contributed by atoms with van der Waals surface area (Å²) in [6, 6.07) is 3.62. The Morgan fingerprint density at radius 2 is 2.19 bits per heavy atom. The highest BCUT2D eigenvalue weighted by Gasteiger charge is 2.26. The highest BCUT2D eigenvalue weighted by molar-refractivity contribution is 5.90. The first-order chi connectivity index (χ1) is 10.2. The summed E-state index contributed by atoms with van der Waals surface area (Å²) in [6.07, 6.45) is 5.28. The lowest BCUT2D eigenvalue weighted by Gasteiger charge is -2.16. The zero-order chi connectivity index (χ0) is 14.7. The summed E-state index contributed by atoms with van der Waals surface area (Å²) in [4.78, 5) is 29.7. The van der Waals surface area contributed by atoms with Crippen LogP contribution in [0.4, 0.5) is 5.82 Å². The van der Waals surface area contributed by atoms with Crippen molar-refractivity contribution in [2.24, 2.45) is 0 Å². The number of aromatic nitrogens is 1. The van der Waals surface area contributed by atoms with Gasteiger partial charge < -0.3 is 15.5 Å². The number of pyridine rings is 1. The number of hydrogen-bond donors (Lipinski definition) is 2. The number of anilines is 1. The molecule has 3 rings (SSSR count). The summed E-state index contributed by atoms with van der Waals surface area (Å²) in [6.45, 7) is 2.59. The Hall–Kier alpha value is -2.11. The van der Waals surface area contributed by atoms with Crippen molar-refractivity contribution < 1.29 is 9.59 Å². The molecule has 0 unspecified atom stereocenters. The second-order valence-corrected chi connectivity index (χ2v) is 5.60. The fourth-order valence-corrected chi connectivity index (χ4v) is 2.78. The van der Waals surface area contributed by atoms with Crippen LogP contribution in [0.15, 0.2) is 18.3 Å². The van der Waals surface area contributed by atoms with Gasteiger partial charge in [0.05, 0.1) is 0 Å². The van der Waals surface area contributed by atoms with Crippen molar-refractivity contribution in [3.8, 4) is 0 Å². The second kappa shape index (κ2) is 6.11. The molecule has 3 heterocycles. The first-order valence-corrected chi connectivity index (χ1v) is 7.49. The molecule has 2 aliphatic rings. The molecule has 112 valence electrons. The molecule has 21 heavy (non-hydrogen) atoms. The van der Waals surface area contributed by atoms with E-state index in [1.165, 1.54) is 12.8 Å². The average Bonchev–Trinajstić information content (AvgIpc) is 3.16. The van der Waals surface area contributed by atoms with Crippen LogP contribution >= 0.6 is 0 Å². The number of carbonyl (C=O) groups excluding carboxylic acids is 2. The van der Waals surface area contributed by atoms with Gasteiger partial charge in [0.2, 0.25) is 11.8 Å². The quantitative estimate of drug-likeness (QED) is 0.850. The highest BCUT2D eigenvalue weighted by Crippen LogP contribution is 2.17. The summed E-state index contributed by atoms with van der Waals surface area (Å²) < 4.78 is 0. The Morgan fingerprint density at radius 3 is 2.81 bits per heavy atom. The summed E-state index contributed by atoms with van der Waals surface area (Å²) in [5, 5.41) is 5.51. The maximum Gasteiger partial charge on any atom is 0.242 e. The van der Waals surface area contributed by atoms with Crippen LogP contribution in [-0.2, 0) is 16.1 Å². The first-order valence-electron chi connectivity index (χ1n) is 7.49. The van der Waals surface area contributed by atoms with Crippen molar-refractivity contribution in [1.82, 2.24) is 15.6 Å². The Morgan fingerprint density at radius 1 is 1.38 bits per heavy atom. The summed E-state index contributed by atoms with van der Waals surface area (Å²) >= 11 is 0. The van der Waals surface area contributed by atoms with E-state index in [0.717, 1.165) is 24.5 Å². The van der Waals surface area contributed by atoms with E-state index in [1.54, 1.807) is 6.20 Å². The number of nitrogens with zero attached hydrogens (tertiary/aromatic N) is 2. The standard InChI is InChI=1S/C15H20N4O2/c20-14-6-4-12(18-14)15(21)17-10-11-3-5-13(16-9-11)19-7-1-2-8-19/h3,5,9,12H,1-2,4,6-8,10H2,(H,17,21)(H,18,20)/t12-/m1/s1. The third kappa shape index (κ3) is 3.32. The van der Waals surface area contributed by atoms with Crippen LogP contribution in [0.25, 0.3) is 0 Å². The molecule has 2 fully saturated rings. The molecule has 2 saturated heterocycles. The SMILES string of the molecule is O=C1CC[C@H](C(=O)NCc2ccc(N3CCCC3)nc2)N1. The summed E-state index contributed by atoms with van der Waals surface area (Å²) in [5.41, 5.74) is 0.968. The van der Waals surface area contributed by atoms with Gasteiger partial charge >= 0.3 is 0 Å². The third-order valence-electron chi connectivity index (χ3n) is 4.02. The molecule has 0 radical (unpaired) electrons. The lowest BCUT2D eigenvalue weighted by molar-refractivity contribution is -0.125. The van der Waals surface area contributed by atoms with E-state index in [0.29, 0.717) is 19.4 Å². The summed E-state index contributed by atoms with van der Waals surface area (Å²) in [7, 11) is 0. The van der Waals surface area contributed by atoms with Gasteiger partial charge in [-0.15, -0.1) is 0 Å². The molecule has 1 aromatic rings. The molecule has 1 aromatic heterocycles. The molecular weight excluding hydrogens is 268 g/mol. The zero-order valence-corrected chi connectivity index (χ0v) is 12.0. The Kier molecular flexibility index (Phi) is 4.03. The van der Waals surface area contributed by atoms with E-state index in [1.807, 2.05) is 12.1 Å².